The topological polar surface area (TPSA) is 44.5 Å². The van der Waals surface area contributed by atoms with Gasteiger partial charge < -0.3 is 15.2 Å². The van der Waals surface area contributed by atoms with Crippen molar-refractivity contribution in [2.75, 3.05) is 12.3 Å². The summed E-state index contributed by atoms with van der Waals surface area (Å²) in [4.78, 5) is 0. The lowest BCUT2D eigenvalue weighted by Gasteiger charge is -2.12. The minimum atomic E-state index is 0.438. The molecule has 0 aliphatic carbocycles. The van der Waals surface area contributed by atoms with Gasteiger partial charge in [-0.15, -0.1) is 0 Å². The van der Waals surface area contributed by atoms with Crippen LogP contribution in [0.15, 0.2) is 30.3 Å². The summed E-state index contributed by atoms with van der Waals surface area (Å²) in [5.74, 6) is 1.74. The van der Waals surface area contributed by atoms with Gasteiger partial charge in [0.2, 0.25) is 0 Å². The molecule has 0 amide bonds. The fourth-order valence-electron chi connectivity index (χ4n) is 2.44. The minimum Gasteiger partial charge on any atom is -0.493 e. The van der Waals surface area contributed by atoms with Crippen LogP contribution in [0, 0.1) is 6.92 Å². The smallest absolute Gasteiger partial charge is 0.129 e. The van der Waals surface area contributed by atoms with Crippen LogP contribution in [-0.4, -0.2) is 6.61 Å². The van der Waals surface area contributed by atoms with Crippen molar-refractivity contribution in [3.63, 3.8) is 0 Å². The summed E-state index contributed by atoms with van der Waals surface area (Å²) in [6, 6.07) is 9.48. The molecule has 1 aliphatic rings. The van der Waals surface area contributed by atoms with Gasteiger partial charge in [-0.2, -0.15) is 0 Å². The molecule has 2 aromatic carbocycles. The first kappa shape index (κ1) is 13.1. The van der Waals surface area contributed by atoms with Crippen molar-refractivity contribution in [3.05, 3.63) is 52.0 Å². The van der Waals surface area contributed by atoms with E-state index in [9.17, 15) is 0 Å². The molecule has 1 heterocycles. The number of hydrogen-bond donors (Lipinski definition) is 1. The summed E-state index contributed by atoms with van der Waals surface area (Å²) < 4.78 is 11.5. The van der Waals surface area contributed by atoms with Gasteiger partial charge in [0.1, 0.15) is 18.1 Å². The van der Waals surface area contributed by atoms with Gasteiger partial charge in [-0.1, -0.05) is 11.6 Å². The van der Waals surface area contributed by atoms with E-state index in [4.69, 9.17) is 26.8 Å². The number of anilines is 1. The molecule has 0 radical (unpaired) electrons. The maximum Gasteiger partial charge on any atom is 0.129 e. The van der Waals surface area contributed by atoms with E-state index in [0.29, 0.717) is 13.2 Å². The lowest BCUT2D eigenvalue weighted by Crippen LogP contribution is -2.00. The average molecular weight is 290 g/mol. The summed E-state index contributed by atoms with van der Waals surface area (Å²) in [6.45, 7) is 3.13. The second kappa shape index (κ2) is 5.25. The van der Waals surface area contributed by atoms with Crippen molar-refractivity contribution in [2.24, 2.45) is 0 Å². The Kier molecular flexibility index (Phi) is 3.45. The Morgan fingerprint density at radius 1 is 1.30 bits per heavy atom. The van der Waals surface area contributed by atoms with Crippen molar-refractivity contribution in [3.8, 4) is 11.5 Å². The second-order valence-corrected chi connectivity index (χ2v) is 5.40. The normalized spacial score (nSPS) is 12.9. The third-order valence-electron chi connectivity index (χ3n) is 3.41. The first-order chi connectivity index (χ1) is 9.63. The van der Waals surface area contributed by atoms with Crippen LogP contribution in [0.4, 0.5) is 5.69 Å². The van der Waals surface area contributed by atoms with Crippen LogP contribution in [-0.2, 0) is 13.0 Å². The second-order valence-electron chi connectivity index (χ2n) is 4.97. The molecule has 0 fully saturated rings. The number of fused-ring (bicyclic) bond motifs is 1. The highest BCUT2D eigenvalue weighted by Crippen LogP contribution is 2.33. The Balaban J connectivity index is 1.82. The van der Waals surface area contributed by atoms with Gasteiger partial charge in [0.25, 0.3) is 0 Å². The molecule has 0 aromatic heterocycles. The van der Waals surface area contributed by atoms with Crippen LogP contribution in [0.3, 0.4) is 0 Å². The van der Waals surface area contributed by atoms with Gasteiger partial charge in [0, 0.05) is 22.7 Å². The number of rotatable bonds is 3. The number of benzene rings is 2. The molecule has 0 spiro atoms. The predicted octanol–water partition coefficient (Wildman–Crippen LogP) is 3.74. The van der Waals surface area contributed by atoms with Gasteiger partial charge in [-0.3, -0.25) is 0 Å². The lowest BCUT2D eigenvalue weighted by atomic mass is 10.1. The maximum atomic E-state index is 6.13. The van der Waals surface area contributed by atoms with Crippen molar-refractivity contribution < 1.29 is 9.47 Å². The van der Waals surface area contributed by atoms with Crippen LogP contribution < -0.4 is 15.2 Å². The molecule has 3 rings (SSSR count). The third-order valence-corrected chi connectivity index (χ3v) is 3.63. The molecule has 2 N–H and O–H groups in total. The van der Waals surface area contributed by atoms with Crippen molar-refractivity contribution >= 4 is 17.3 Å². The molecule has 0 atom stereocenters. The molecule has 0 unspecified atom stereocenters. The zero-order valence-electron chi connectivity index (χ0n) is 11.3. The quantitative estimate of drug-likeness (QED) is 0.875. The lowest BCUT2D eigenvalue weighted by molar-refractivity contribution is 0.290. The molecular weight excluding hydrogens is 274 g/mol. The SMILES string of the molecule is Cc1cc(N)ccc1OCc1cc(Cl)cc2c1OCC2. The van der Waals surface area contributed by atoms with E-state index in [-0.39, 0.29) is 0 Å². The van der Waals surface area contributed by atoms with E-state index in [1.165, 1.54) is 0 Å². The van der Waals surface area contributed by atoms with E-state index < -0.39 is 0 Å². The van der Waals surface area contributed by atoms with Gasteiger partial charge >= 0.3 is 0 Å². The molecule has 4 heteroatoms. The molecule has 0 bridgehead atoms. The molecule has 20 heavy (non-hydrogen) atoms. The number of nitrogens with two attached hydrogens (primary N) is 1. The molecule has 2 aromatic rings. The molecule has 0 saturated carbocycles. The highest BCUT2D eigenvalue weighted by molar-refractivity contribution is 6.30. The molecule has 104 valence electrons. The number of aryl methyl sites for hydroxylation is 1. The van der Waals surface area contributed by atoms with Crippen molar-refractivity contribution in [2.45, 2.75) is 20.0 Å². The van der Waals surface area contributed by atoms with Crippen LogP contribution in [0.25, 0.3) is 0 Å². The molecule has 1 aliphatic heterocycles. The zero-order chi connectivity index (χ0) is 14.1. The summed E-state index contributed by atoms with van der Waals surface area (Å²) in [6.07, 6.45) is 0.907. The van der Waals surface area contributed by atoms with E-state index >= 15 is 0 Å². The van der Waals surface area contributed by atoms with Gasteiger partial charge in [-0.05, 0) is 48.4 Å². The number of ether oxygens (including phenoxy) is 2. The highest BCUT2D eigenvalue weighted by Gasteiger charge is 2.18. The highest BCUT2D eigenvalue weighted by atomic mass is 35.5. The van der Waals surface area contributed by atoms with Crippen LogP contribution in [0.5, 0.6) is 11.5 Å². The first-order valence-corrected chi connectivity index (χ1v) is 6.94. The van der Waals surface area contributed by atoms with Gasteiger partial charge in [0.05, 0.1) is 6.61 Å². The summed E-state index contributed by atoms with van der Waals surface area (Å²) >= 11 is 6.13. The van der Waals surface area contributed by atoms with Gasteiger partial charge in [0.15, 0.2) is 0 Å². The fraction of sp³-hybridized carbons (Fsp3) is 0.250. The predicted molar refractivity (Wildman–Crippen MR) is 80.6 cm³/mol. The number of halogens is 1. The van der Waals surface area contributed by atoms with E-state index in [1.54, 1.807) is 0 Å². The van der Waals surface area contributed by atoms with Crippen LogP contribution in [0.1, 0.15) is 16.7 Å². The Bertz CT molecular complexity index is 655. The van der Waals surface area contributed by atoms with Crippen molar-refractivity contribution in [1.29, 1.82) is 0 Å². The average Bonchev–Trinajstić information content (AvgIpc) is 2.85. The van der Waals surface area contributed by atoms with Gasteiger partial charge in [-0.25, -0.2) is 0 Å². The molecular formula is C16H16ClNO2. The minimum absolute atomic E-state index is 0.438. The van der Waals surface area contributed by atoms with Crippen molar-refractivity contribution in [1.82, 2.24) is 0 Å². The Hall–Kier alpha value is -1.87. The largest absolute Gasteiger partial charge is 0.493 e. The fourth-order valence-corrected chi connectivity index (χ4v) is 2.71. The van der Waals surface area contributed by atoms with E-state index in [1.807, 2.05) is 37.3 Å². The summed E-state index contributed by atoms with van der Waals surface area (Å²) in [5.41, 5.74) is 9.64. The Morgan fingerprint density at radius 3 is 2.95 bits per heavy atom. The standard InChI is InChI=1S/C16H16ClNO2/c1-10-6-14(18)2-3-15(10)20-9-12-8-13(17)7-11-4-5-19-16(11)12/h2-3,6-8H,4-5,9,18H2,1H3. The third kappa shape index (κ3) is 2.54. The molecule has 3 nitrogen and oxygen atoms in total. The van der Waals surface area contributed by atoms with E-state index in [2.05, 4.69) is 0 Å². The maximum absolute atomic E-state index is 6.13. The molecule has 0 saturated heterocycles. The Morgan fingerprint density at radius 2 is 2.15 bits per heavy atom. The first-order valence-electron chi connectivity index (χ1n) is 6.56. The zero-order valence-corrected chi connectivity index (χ0v) is 12.0. The monoisotopic (exact) mass is 289 g/mol. The number of nitrogen functional groups attached to an aromatic ring is 1. The Labute approximate surface area is 123 Å². The number of hydrogen-bond acceptors (Lipinski definition) is 3. The summed E-state index contributed by atoms with van der Waals surface area (Å²) in [5, 5.41) is 0.724. The summed E-state index contributed by atoms with van der Waals surface area (Å²) in [7, 11) is 0. The van der Waals surface area contributed by atoms with Crippen LogP contribution in [0.2, 0.25) is 5.02 Å². The van der Waals surface area contributed by atoms with E-state index in [0.717, 1.165) is 45.3 Å². The van der Waals surface area contributed by atoms with Crippen LogP contribution >= 0.6 is 11.6 Å².